The summed E-state index contributed by atoms with van der Waals surface area (Å²) in [5.74, 6) is 0.608. The fourth-order valence-electron chi connectivity index (χ4n) is 1.46. The summed E-state index contributed by atoms with van der Waals surface area (Å²) in [6.45, 7) is 4.34. The summed E-state index contributed by atoms with van der Waals surface area (Å²) in [6.07, 6.45) is 2.77. The lowest BCUT2D eigenvalue weighted by Gasteiger charge is -2.14. The molecule has 0 saturated carbocycles. The highest BCUT2D eigenvalue weighted by molar-refractivity contribution is 9.10. The van der Waals surface area contributed by atoms with Crippen molar-refractivity contribution in [3.8, 4) is 0 Å². The van der Waals surface area contributed by atoms with Gasteiger partial charge in [0.15, 0.2) is 0 Å². The zero-order valence-electron chi connectivity index (χ0n) is 8.29. The van der Waals surface area contributed by atoms with Crippen LogP contribution in [0.25, 0.3) is 0 Å². The average Bonchev–Trinajstić information content (AvgIpc) is 2.29. The SMILES string of the molecule is CC(C)CC(N)c1c(Br)cnn1C. The molecule has 1 aromatic heterocycles. The second kappa shape index (κ2) is 4.24. The zero-order chi connectivity index (χ0) is 10.0. The first-order valence-corrected chi connectivity index (χ1v) is 5.24. The van der Waals surface area contributed by atoms with Gasteiger partial charge in [-0.2, -0.15) is 5.10 Å². The minimum absolute atomic E-state index is 0.0712. The average molecular weight is 246 g/mol. The van der Waals surface area contributed by atoms with E-state index in [9.17, 15) is 0 Å². The third-order valence-electron chi connectivity index (χ3n) is 2.01. The summed E-state index contributed by atoms with van der Waals surface area (Å²) in [4.78, 5) is 0. The van der Waals surface area contributed by atoms with Crippen molar-refractivity contribution in [1.82, 2.24) is 9.78 Å². The first kappa shape index (κ1) is 10.7. The van der Waals surface area contributed by atoms with Crippen LogP contribution < -0.4 is 5.73 Å². The van der Waals surface area contributed by atoms with Crippen LogP contribution >= 0.6 is 15.9 Å². The molecule has 1 aromatic rings. The summed E-state index contributed by atoms with van der Waals surface area (Å²) in [6, 6.07) is 0.0712. The largest absolute Gasteiger partial charge is 0.323 e. The molecule has 0 spiro atoms. The van der Waals surface area contributed by atoms with Crippen LogP contribution in [0.3, 0.4) is 0 Å². The van der Waals surface area contributed by atoms with E-state index in [-0.39, 0.29) is 6.04 Å². The van der Waals surface area contributed by atoms with Crippen LogP contribution in [0.4, 0.5) is 0 Å². The Balaban J connectivity index is 2.81. The van der Waals surface area contributed by atoms with Gasteiger partial charge in [-0.15, -0.1) is 0 Å². The van der Waals surface area contributed by atoms with Gasteiger partial charge in [-0.3, -0.25) is 4.68 Å². The molecular formula is C9H16BrN3. The Bertz CT molecular complexity index is 261. The summed E-state index contributed by atoms with van der Waals surface area (Å²) >= 11 is 3.44. The first-order chi connectivity index (χ1) is 6.02. The Kier molecular flexibility index (Phi) is 3.50. The molecule has 0 aliphatic heterocycles. The van der Waals surface area contributed by atoms with Gasteiger partial charge in [0.25, 0.3) is 0 Å². The van der Waals surface area contributed by atoms with Gasteiger partial charge < -0.3 is 5.73 Å². The van der Waals surface area contributed by atoms with Crippen LogP contribution in [0, 0.1) is 5.92 Å². The zero-order valence-corrected chi connectivity index (χ0v) is 9.87. The van der Waals surface area contributed by atoms with Gasteiger partial charge in [-0.05, 0) is 28.3 Å². The highest BCUT2D eigenvalue weighted by Crippen LogP contribution is 2.25. The lowest BCUT2D eigenvalue weighted by Crippen LogP contribution is -2.17. The molecular weight excluding hydrogens is 230 g/mol. The lowest BCUT2D eigenvalue weighted by molar-refractivity contribution is 0.484. The van der Waals surface area contributed by atoms with Crippen LogP contribution in [-0.2, 0) is 7.05 Å². The van der Waals surface area contributed by atoms with Gasteiger partial charge in [0.05, 0.1) is 16.4 Å². The van der Waals surface area contributed by atoms with Gasteiger partial charge in [0.2, 0.25) is 0 Å². The summed E-state index contributed by atoms with van der Waals surface area (Å²) in [7, 11) is 1.92. The maximum atomic E-state index is 6.05. The molecule has 3 nitrogen and oxygen atoms in total. The predicted molar refractivity (Wildman–Crippen MR) is 57.3 cm³/mol. The molecule has 0 bridgehead atoms. The molecule has 0 aliphatic carbocycles. The highest BCUT2D eigenvalue weighted by atomic mass is 79.9. The fraction of sp³-hybridized carbons (Fsp3) is 0.667. The van der Waals surface area contributed by atoms with Gasteiger partial charge in [-0.25, -0.2) is 0 Å². The van der Waals surface area contributed by atoms with E-state index in [0.29, 0.717) is 5.92 Å². The number of halogens is 1. The molecule has 4 heteroatoms. The molecule has 13 heavy (non-hydrogen) atoms. The molecule has 0 saturated heterocycles. The van der Waals surface area contributed by atoms with Crippen molar-refractivity contribution in [2.45, 2.75) is 26.3 Å². The quantitative estimate of drug-likeness (QED) is 0.888. The van der Waals surface area contributed by atoms with Gasteiger partial charge in [-0.1, -0.05) is 13.8 Å². The Hall–Kier alpha value is -0.350. The lowest BCUT2D eigenvalue weighted by atomic mass is 10.0. The van der Waals surface area contributed by atoms with Crippen molar-refractivity contribution in [1.29, 1.82) is 0 Å². The summed E-state index contributed by atoms with van der Waals surface area (Å²) < 4.78 is 2.83. The van der Waals surface area contributed by atoms with Gasteiger partial charge in [0.1, 0.15) is 0 Å². The van der Waals surface area contributed by atoms with Crippen LogP contribution in [0.2, 0.25) is 0 Å². The van der Waals surface area contributed by atoms with E-state index < -0.39 is 0 Å². The molecule has 0 amide bonds. The minimum Gasteiger partial charge on any atom is -0.323 e. The van der Waals surface area contributed by atoms with Crippen molar-refractivity contribution >= 4 is 15.9 Å². The van der Waals surface area contributed by atoms with E-state index in [4.69, 9.17) is 5.73 Å². The Morgan fingerprint density at radius 1 is 1.62 bits per heavy atom. The molecule has 1 unspecified atom stereocenters. The smallest absolute Gasteiger partial charge is 0.0690 e. The second-order valence-corrected chi connectivity index (χ2v) is 4.59. The number of aryl methyl sites for hydroxylation is 1. The van der Waals surface area contributed by atoms with E-state index in [2.05, 4.69) is 34.9 Å². The molecule has 1 rings (SSSR count). The van der Waals surface area contributed by atoms with Gasteiger partial charge in [0, 0.05) is 13.1 Å². The number of nitrogens with zero attached hydrogens (tertiary/aromatic N) is 2. The van der Waals surface area contributed by atoms with Crippen molar-refractivity contribution in [2.24, 2.45) is 18.7 Å². The van der Waals surface area contributed by atoms with E-state index in [1.807, 2.05) is 11.7 Å². The Morgan fingerprint density at radius 2 is 2.23 bits per heavy atom. The topological polar surface area (TPSA) is 43.8 Å². The molecule has 0 aromatic carbocycles. The second-order valence-electron chi connectivity index (χ2n) is 3.74. The van der Waals surface area contributed by atoms with E-state index in [1.165, 1.54) is 0 Å². The van der Waals surface area contributed by atoms with Crippen molar-refractivity contribution in [3.63, 3.8) is 0 Å². The molecule has 2 N–H and O–H groups in total. The minimum atomic E-state index is 0.0712. The third kappa shape index (κ3) is 2.54. The van der Waals surface area contributed by atoms with Crippen molar-refractivity contribution in [2.75, 3.05) is 0 Å². The molecule has 0 fully saturated rings. The molecule has 1 heterocycles. The molecule has 74 valence electrons. The number of hydrogen-bond acceptors (Lipinski definition) is 2. The van der Waals surface area contributed by atoms with E-state index in [0.717, 1.165) is 16.6 Å². The molecule has 0 radical (unpaired) electrons. The summed E-state index contributed by atoms with van der Waals surface area (Å²) in [5, 5.41) is 4.13. The predicted octanol–water partition coefficient (Wildman–Crippen LogP) is 2.23. The van der Waals surface area contributed by atoms with Gasteiger partial charge >= 0.3 is 0 Å². The number of hydrogen-bond donors (Lipinski definition) is 1. The first-order valence-electron chi connectivity index (χ1n) is 4.45. The number of rotatable bonds is 3. The number of nitrogens with two attached hydrogens (primary N) is 1. The van der Waals surface area contributed by atoms with Crippen LogP contribution in [0.1, 0.15) is 32.0 Å². The monoisotopic (exact) mass is 245 g/mol. The normalized spacial score (nSPS) is 13.7. The standard InChI is InChI=1S/C9H16BrN3/c1-6(2)4-8(11)9-7(10)5-12-13(9)3/h5-6,8H,4,11H2,1-3H3. The molecule has 0 aliphatic rings. The maximum absolute atomic E-state index is 6.05. The van der Waals surface area contributed by atoms with Crippen molar-refractivity contribution in [3.05, 3.63) is 16.4 Å². The Labute approximate surface area is 87.4 Å². The molecule has 1 atom stereocenters. The van der Waals surface area contributed by atoms with Crippen LogP contribution in [0.15, 0.2) is 10.7 Å². The summed E-state index contributed by atoms with van der Waals surface area (Å²) in [5.41, 5.74) is 7.13. The van der Waals surface area contributed by atoms with Crippen LogP contribution in [-0.4, -0.2) is 9.78 Å². The fourth-order valence-corrected chi connectivity index (χ4v) is 2.10. The van der Waals surface area contributed by atoms with E-state index >= 15 is 0 Å². The highest BCUT2D eigenvalue weighted by Gasteiger charge is 2.15. The maximum Gasteiger partial charge on any atom is 0.0690 e. The van der Waals surface area contributed by atoms with Crippen molar-refractivity contribution < 1.29 is 0 Å². The Morgan fingerprint density at radius 3 is 2.62 bits per heavy atom. The van der Waals surface area contributed by atoms with Crippen LogP contribution in [0.5, 0.6) is 0 Å². The van der Waals surface area contributed by atoms with E-state index in [1.54, 1.807) is 6.20 Å². The third-order valence-corrected chi connectivity index (χ3v) is 2.63. The number of aromatic nitrogens is 2.